The highest BCUT2D eigenvalue weighted by molar-refractivity contribution is 5.62. The minimum atomic E-state index is 0.0339. The van der Waals surface area contributed by atoms with Crippen LogP contribution in [0.2, 0.25) is 0 Å². The van der Waals surface area contributed by atoms with Crippen molar-refractivity contribution in [2.75, 3.05) is 7.11 Å². The number of phenolic OH excluding ortho intramolecular Hbond substituents is 1. The molecule has 0 aliphatic heterocycles. The summed E-state index contributed by atoms with van der Waals surface area (Å²) < 4.78 is 11.0. The summed E-state index contributed by atoms with van der Waals surface area (Å²) in [7, 11) is 1.49. The van der Waals surface area contributed by atoms with E-state index < -0.39 is 0 Å². The van der Waals surface area contributed by atoms with Crippen LogP contribution in [0, 0.1) is 6.92 Å². The maximum absolute atomic E-state index is 9.80. The van der Waals surface area contributed by atoms with E-state index in [0.29, 0.717) is 27.8 Å². The van der Waals surface area contributed by atoms with Crippen LogP contribution in [0.5, 0.6) is 17.2 Å². The molecule has 0 spiro atoms. The van der Waals surface area contributed by atoms with Crippen molar-refractivity contribution in [2.24, 2.45) is 4.99 Å². The molecule has 0 aliphatic carbocycles. The predicted octanol–water partition coefficient (Wildman–Crippen LogP) is 2.35. The third kappa shape index (κ3) is 3.47. The molecule has 2 rings (SSSR count). The van der Waals surface area contributed by atoms with Crippen molar-refractivity contribution in [2.45, 2.75) is 13.8 Å². The Bertz CT molecular complexity index is 810. The zero-order valence-corrected chi connectivity index (χ0v) is 13.0. The monoisotopic (exact) mass is 297 g/mol. The Balaban J connectivity index is 2.62. The Morgan fingerprint density at radius 2 is 2.05 bits per heavy atom. The number of ether oxygens (including phenoxy) is 2. The Labute approximate surface area is 129 Å². The minimum Gasteiger partial charge on any atom is -0.504 e. The van der Waals surface area contributed by atoms with Gasteiger partial charge in [-0.05, 0) is 48.9 Å². The van der Waals surface area contributed by atoms with Gasteiger partial charge in [-0.15, -0.1) is 0 Å². The van der Waals surface area contributed by atoms with Gasteiger partial charge in [-0.1, -0.05) is 18.7 Å². The Hall–Kier alpha value is -2.75. The molecule has 0 aromatic heterocycles. The molecule has 4 heteroatoms. The molecular weight excluding hydrogens is 278 g/mol. The van der Waals surface area contributed by atoms with E-state index in [0.717, 1.165) is 5.56 Å². The summed E-state index contributed by atoms with van der Waals surface area (Å²) in [5.74, 6) is 1.47. The van der Waals surface area contributed by atoms with E-state index in [2.05, 4.69) is 11.6 Å². The summed E-state index contributed by atoms with van der Waals surface area (Å²) in [4.78, 5) is 4.28. The first-order valence-corrected chi connectivity index (χ1v) is 6.88. The van der Waals surface area contributed by atoms with Gasteiger partial charge < -0.3 is 14.6 Å². The second-order valence-corrected chi connectivity index (χ2v) is 4.79. The van der Waals surface area contributed by atoms with Crippen molar-refractivity contribution in [1.82, 2.24) is 0 Å². The standard InChI is InChI=1S/C18H19NO3/c1-5-19-18(22-14-8-6-7-12(2)9-14)15-11-17(21-4)16(20)10-13(15)3/h5-11,20H,3H2,1-2,4H3/b18-15+,19-5-. The molecule has 0 radical (unpaired) electrons. The number of aromatic hydroxyl groups is 1. The van der Waals surface area contributed by atoms with E-state index >= 15 is 0 Å². The van der Waals surface area contributed by atoms with Gasteiger partial charge in [-0.25, -0.2) is 4.99 Å². The lowest BCUT2D eigenvalue weighted by Crippen LogP contribution is -2.27. The molecule has 1 N–H and O–H groups in total. The van der Waals surface area contributed by atoms with Crippen molar-refractivity contribution >= 4 is 18.7 Å². The Kier molecular flexibility index (Phi) is 4.84. The fraction of sp³-hybridized carbons (Fsp3) is 0.167. The third-order valence-electron chi connectivity index (χ3n) is 3.09. The van der Waals surface area contributed by atoms with E-state index in [9.17, 15) is 5.11 Å². The highest BCUT2D eigenvalue weighted by atomic mass is 16.5. The normalized spacial score (nSPS) is 12.3. The summed E-state index contributed by atoms with van der Waals surface area (Å²) in [6.45, 7) is 7.73. The first-order chi connectivity index (χ1) is 10.5. The summed E-state index contributed by atoms with van der Waals surface area (Å²) in [6, 6.07) is 10.9. The SMILES string of the molecule is C=c1cc(O)c(OC)c/c1=C(/N=C\C)Oc1cccc(C)c1. The number of aliphatic imine (C=N–C) groups is 1. The molecule has 0 fully saturated rings. The highest BCUT2D eigenvalue weighted by Gasteiger charge is 2.06. The molecule has 0 aliphatic rings. The molecule has 2 aromatic carbocycles. The van der Waals surface area contributed by atoms with E-state index in [1.807, 2.05) is 31.2 Å². The first-order valence-electron chi connectivity index (χ1n) is 6.88. The van der Waals surface area contributed by atoms with Crippen LogP contribution < -0.4 is 19.9 Å². The van der Waals surface area contributed by atoms with E-state index in [4.69, 9.17) is 9.47 Å². The van der Waals surface area contributed by atoms with Crippen molar-refractivity contribution in [3.63, 3.8) is 0 Å². The third-order valence-corrected chi connectivity index (χ3v) is 3.09. The molecule has 114 valence electrons. The quantitative estimate of drug-likeness (QED) is 0.881. The lowest BCUT2D eigenvalue weighted by Gasteiger charge is -2.08. The average Bonchev–Trinajstić information content (AvgIpc) is 2.47. The molecule has 0 amide bonds. The number of methoxy groups -OCH3 is 1. The van der Waals surface area contributed by atoms with E-state index in [1.165, 1.54) is 13.2 Å². The van der Waals surface area contributed by atoms with Gasteiger partial charge >= 0.3 is 0 Å². The average molecular weight is 297 g/mol. The van der Waals surface area contributed by atoms with E-state index in [1.54, 1.807) is 19.2 Å². The van der Waals surface area contributed by atoms with Crippen LogP contribution in [-0.2, 0) is 0 Å². The molecule has 0 bridgehead atoms. The molecular formula is C18H19NO3. The van der Waals surface area contributed by atoms with Crippen LogP contribution in [-0.4, -0.2) is 18.4 Å². The molecule has 22 heavy (non-hydrogen) atoms. The number of benzene rings is 2. The van der Waals surface area contributed by atoms with Gasteiger partial charge in [-0.3, -0.25) is 0 Å². The van der Waals surface area contributed by atoms with Crippen molar-refractivity contribution < 1.29 is 14.6 Å². The van der Waals surface area contributed by atoms with Crippen LogP contribution in [0.3, 0.4) is 0 Å². The summed E-state index contributed by atoms with van der Waals surface area (Å²) in [5.41, 5.74) is 1.09. The maximum atomic E-state index is 9.80. The van der Waals surface area contributed by atoms with Gasteiger partial charge in [0, 0.05) is 11.4 Å². The van der Waals surface area contributed by atoms with Crippen LogP contribution in [0.4, 0.5) is 0 Å². The van der Waals surface area contributed by atoms with Crippen LogP contribution in [0.15, 0.2) is 41.4 Å². The second-order valence-electron chi connectivity index (χ2n) is 4.79. The van der Waals surface area contributed by atoms with Gasteiger partial charge in [0.2, 0.25) is 5.88 Å². The van der Waals surface area contributed by atoms with Crippen molar-refractivity contribution in [3.8, 4) is 17.2 Å². The Morgan fingerprint density at radius 3 is 2.68 bits per heavy atom. The number of phenols is 1. The van der Waals surface area contributed by atoms with Crippen LogP contribution >= 0.6 is 0 Å². The molecule has 0 saturated carbocycles. The number of nitrogens with zero attached hydrogens (tertiary/aromatic N) is 1. The largest absolute Gasteiger partial charge is 0.504 e. The predicted molar refractivity (Wildman–Crippen MR) is 88.8 cm³/mol. The van der Waals surface area contributed by atoms with Gasteiger partial charge in [-0.2, -0.15) is 0 Å². The molecule has 0 atom stereocenters. The summed E-state index contributed by atoms with van der Waals surface area (Å²) >= 11 is 0. The molecule has 0 unspecified atom stereocenters. The molecule has 2 aromatic rings. The first kappa shape index (κ1) is 15.6. The van der Waals surface area contributed by atoms with Crippen LogP contribution in [0.1, 0.15) is 12.5 Å². The maximum Gasteiger partial charge on any atom is 0.226 e. The fourth-order valence-corrected chi connectivity index (χ4v) is 2.03. The molecule has 0 saturated heterocycles. The highest BCUT2D eigenvalue weighted by Crippen LogP contribution is 2.21. The second kappa shape index (κ2) is 6.80. The Morgan fingerprint density at radius 1 is 1.27 bits per heavy atom. The summed E-state index contributed by atoms with van der Waals surface area (Å²) in [5, 5.41) is 11.1. The van der Waals surface area contributed by atoms with E-state index in [-0.39, 0.29) is 5.75 Å². The topological polar surface area (TPSA) is 51.0 Å². The van der Waals surface area contributed by atoms with Crippen molar-refractivity contribution in [3.05, 3.63) is 52.4 Å². The number of hydrogen-bond acceptors (Lipinski definition) is 4. The lowest BCUT2D eigenvalue weighted by atomic mass is 10.2. The minimum absolute atomic E-state index is 0.0339. The van der Waals surface area contributed by atoms with Crippen LogP contribution in [0.25, 0.3) is 12.5 Å². The zero-order valence-electron chi connectivity index (χ0n) is 13.0. The molecule has 0 heterocycles. The van der Waals surface area contributed by atoms with Gasteiger partial charge in [0.05, 0.1) is 7.11 Å². The smallest absolute Gasteiger partial charge is 0.226 e. The van der Waals surface area contributed by atoms with Crippen molar-refractivity contribution in [1.29, 1.82) is 0 Å². The number of rotatable bonds is 4. The van der Waals surface area contributed by atoms with Gasteiger partial charge in [0.1, 0.15) is 5.75 Å². The number of aryl methyl sites for hydroxylation is 1. The van der Waals surface area contributed by atoms with Gasteiger partial charge in [0.15, 0.2) is 11.5 Å². The summed E-state index contributed by atoms with van der Waals surface area (Å²) in [6.07, 6.45) is 1.64. The van der Waals surface area contributed by atoms with Gasteiger partial charge in [0.25, 0.3) is 0 Å². The molecule has 4 nitrogen and oxygen atoms in total. The zero-order chi connectivity index (χ0) is 16.1. The lowest BCUT2D eigenvalue weighted by molar-refractivity contribution is 0.372. The fourth-order valence-electron chi connectivity index (χ4n) is 2.03. The number of hydrogen-bond donors (Lipinski definition) is 1.